The third-order valence-electron chi connectivity index (χ3n) is 3.41. The Labute approximate surface area is 154 Å². The highest BCUT2D eigenvalue weighted by Gasteiger charge is 2.15. The van der Waals surface area contributed by atoms with Gasteiger partial charge in [-0.25, -0.2) is 9.07 Å². The van der Waals surface area contributed by atoms with Crippen molar-refractivity contribution < 1.29 is 9.18 Å². The maximum Gasteiger partial charge on any atom is 0.259 e. The number of halogens is 3. The van der Waals surface area contributed by atoms with Crippen LogP contribution in [0.3, 0.4) is 0 Å². The first-order chi connectivity index (χ1) is 11.5. The molecule has 0 unspecified atom stereocenters. The average molecular weight is 453 g/mol. The van der Waals surface area contributed by atoms with Crippen LogP contribution in [0.2, 0.25) is 0 Å². The largest absolute Gasteiger partial charge is 0.307 e. The molecular formula is C17H12Br2FN3O. The number of amides is 1. The molecule has 0 aliphatic heterocycles. The molecule has 122 valence electrons. The van der Waals surface area contributed by atoms with Gasteiger partial charge in [-0.2, -0.15) is 5.10 Å². The van der Waals surface area contributed by atoms with Crippen molar-refractivity contribution in [3.8, 4) is 0 Å². The monoisotopic (exact) mass is 451 g/mol. The van der Waals surface area contributed by atoms with E-state index in [0.717, 1.165) is 10.0 Å². The van der Waals surface area contributed by atoms with E-state index in [4.69, 9.17) is 0 Å². The summed E-state index contributed by atoms with van der Waals surface area (Å²) in [6, 6.07) is 13.7. The Kier molecular flexibility index (Phi) is 5.11. The predicted molar refractivity (Wildman–Crippen MR) is 97.5 cm³/mol. The summed E-state index contributed by atoms with van der Waals surface area (Å²) in [5.41, 5.74) is 0.989. The second kappa shape index (κ2) is 7.27. The van der Waals surface area contributed by atoms with Gasteiger partial charge in [0.05, 0.1) is 18.3 Å². The number of rotatable bonds is 4. The number of carbonyl (C=O) groups excluding carboxylic acids is 1. The number of hydrogen-bond acceptors (Lipinski definition) is 2. The molecule has 1 heterocycles. The SMILES string of the molecule is O=C(Nc1ccnn1Cc1ccccc1Br)c1cc(Br)ccc1F. The van der Waals surface area contributed by atoms with Gasteiger partial charge in [-0.05, 0) is 29.8 Å². The average Bonchev–Trinajstić information content (AvgIpc) is 2.99. The van der Waals surface area contributed by atoms with Crippen LogP contribution in [0, 0.1) is 5.82 Å². The lowest BCUT2D eigenvalue weighted by Crippen LogP contribution is -2.17. The Morgan fingerprint density at radius 1 is 1.17 bits per heavy atom. The number of anilines is 1. The molecule has 0 fully saturated rings. The molecule has 0 bridgehead atoms. The quantitative estimate of drug-likeness (QED) is 0.615. The summed E-state index contributed by atoms with van der Waals surface area (Å²) < 4.78 is 17.1. The highest BCUT2D eigenvalue weighted by atomic mass is 79.9. The van der Waals surface area contributed by atoms with Crippen molar-refractivity contribution in [2.75, 3.05) is 5.32 Å². The third kappa shape index (κ3) is 3.73. The van der Waals surface area contributed by atoms with E-state index >= 15 is 0 Å². The van der Waals surface area contributed by atoms with Crippen molar-refractivity contribution >= 4 is 43.6 Å². The standard InChI is InChI=1S/C17H12Br2FN3O/c18-12-5-6-15(20)13(9-12)17(24)22-16-7-8-21-23(16)10-11-3-1-2-4-14(11)19/h1-9H,10H2,(H,22,24). The van der Waals surface area contributed by atoms with Gasteiger partial charge in [0.1, 0.15) is 11.6 Å². The molecule has 0 atom stereocenters. The van der Waals surface area contributed by atoms with Gasteiger partial charge in [0.2, 0.25) is 0 Å². The van der Waals surface area contributed by atoms with E-state index in [-0.39, 0.29) is 5.56 Å². The van der Waals surface area contributed by atoms with Crippen molar-refractivity contribution in [2.24, 2.45) is 0 Å². The Morgan fingerprint density at radius 3 is 2.75 bits per heavy atom. The van der Waals surface area contributed by atoms with Crippen LogP contribution in [0.4, 0.5) is 10.2 Å². The lowest BCUT2D eigenvalue weighted by atomic mass is 10.2. The molecule has 0 spiro atoms. The lowest BCUT2D eigenvalue weighted by molar-refractivity contribution is 0.102. The molecule has 1 aromatic heterocycles. The Hall–Kier alpha value is -1.99. The summed E-state index contributed by atoms with van der Waals surface area (Å²) >= 11 is 6.73. The Balaban J connectivity index is 1.82. The van der Waals surface area contributed by atoms with E-state index < -0.39 is 11.7 Å². The first-order valence-corrected chi connectivity index (χ1v) is 8.65. The number of hydrogen-bond donors (Lipinski definition) is 1. The van der Waals surface area contributed by atoms with E-state index in [2.05, 4.69) is 42.3 Å². The molecule has 0 saturated carbocycles. The second-order valence-corrected chi connectivity index (χ2v) is 6.81. The minimum atomic E-state index is -0.576. The fourth-order valence-electron chi connectivity index (χ4n) is 2.21. The van der Waals surface area contributed by atoms with Gasteiger partial charge in [0.25, 0.3) is 5.91 Å². The van der Waals surface area contributed by atoms with E-state index in [9.17, 15) is 9.18 Å². The smallest absolute Gasteiger partial charge is 0.259 e. The van der Waals surface area contributed by atoms with Crippen LogP contribution in [0.25, 0.3) is 0 Å². The van der Waals surface area contributed by atoms with Gasteiger partial charge in [-0.3, -0.25) is 4.79 Å². The van der Waals surface area contributed by atoms with E-state index in [1.54, 1.807) is 23.0 Å². The molecule has 1 amide bonds. The van der Waals surface area contributed by atoms with Crippen LogP contribution >= 0.6 is 31.9 Å². The van der Waals surface area contributed by atoms with Crippen molar-refractivity contribution in [2.45, 2.75) is 6.54 Å². The summed E-state index contributed by atoms with van der Waals surface area (Å²) in [5.74, 6) is -0.606. The molecule has 0 saturated heterocycles. The first-order valence-electron chi connectivity index (χ1n) is 7.06. The summed E-state index contributed by atoms with van der Waals surface area (Å²) in [4.78, 5) is 12.3. The van der Waals surface area contributed by atoms with Crippen LogP contribution in [-0.2, 0) is 6.54 Å². The number of nitrogens with zero attached hydrogens (tertiary/aromatic N) is 2. The number of nitrogens with one attached hydrogen (secondary N) is 1. The molecule has 3 aromatic rings. The van der Waals surface area contributed by atoms with Crippen molar-refractivity contribution in [3.05, 3.63) is 80.6 Å². The van der Waals surface area contributed by atoms with Crippen LogP contribution in [0.5, 0.6) is 0 Å². The molecule has 0 radical (unpaired) electrons. The Bertz CT molecular complexity index is 895. The maximum absolute atomic E-state index is 13.8. The van der Waals surface area contributed by atoms with Gasteiger partial charge >= 0.3 is 0 Å². The number of aromatic nitrogens is 2. The van der Waals surface area contributed by atoms with E-state index in [0.29, 0.717) is 16.8 Å². The zero-order valence-electron chi connectivity index (χ0n) is 12.3. The molecule has 3 rings (SSSR count). The topological polar surface area (TPSA) is 46.9 Å². The van der Waals surface area contributed by atoms with Crippen molar-refractivity contribution in [1.82, 2.24) is 9.78 Å². The van der Waals surface area contributed by atoms with E-state index in [1.165, 1.54) is 12.1 Å². The zero-order valence-corrected chi connectivity index (χ0v) is 15.5. The maximum atomic E-state index is 13.8. The Morgan fingerprint density at radius 2 is 1.96 bits per heavy atom. The summed E-state index contributed by atoms with van der Waals surface area (Å²) in [6.07, 6.45) is 1.59. The number of benzene rings is 2. The highest BCUT2D eigenvalue weighted by Crippen LogP contribution is 2.20. The fourth-order valence-corrected chi connectivity index (χ4v) is 2.98. The summed E-state index contributed by atoms with van der Waals surface area (Å²) in [5, 5.41) is 6.92. The van der Waals surface area contributed by atoms with Crippen LogP contribution in [-0.4, -0.2) is 15.7 Å². The van der Waals surface area contributed by atoms with Crippen molar-refractivity contribution in [1.29, 1.82) is 0 Å². The highest BCUT2D eigenvalue weighted by molar-refractivity contribution is 9.10. The van der Waals surface area contributed by atoms with Gasteiger partial charge in [0, 0.05) is 15.0 Å². The van der Waals surface area contributed by atoms with E-state index in [1.807, 2.05) is 24.3 Å². The van der Waals surface area contributed by atoms with Crippen LogP contribution in [0.1, 0.15) is 15.9 Å². The molecule has 4 nitrogen and oxygen atoms in total. The summed E-state index contributed by atoms with van der Waals surface area (Å²) in [6.45, 7) is 0.477. The van der Waals surface area contributed by atoms with Gasteiger partial charge < -0.3 is 5.32 Å². The molecule has 2 aromatic carbocycles. The van der Waals surface area contributed by atoms with Crippen LogP contribution < -0.4 is 5.32 Å². The summed E-state index contributed by atoms with van der Waals surface area (Å²) in [7, 11) is 0. The van der Waals surface area contributed by atoms with Gasteiger partial charge in [-0.1, -0.05) is 50.1 Å². The normalized spacial score (nSPS) is 10.6. The predicted octanol–water partition coefficient (Wildman–Crippen LogP) is 4.85. The molecule has 1 N–H and O–H groups in total. The first kappa shape index (κ1) is 16.9. The number of carbonyl (C=O) groups is 1. The van der Waals surface area contributed by atoms with Crippen LogP contribution in [0.15, 0.2) is 63.7 Å². The third-order valence-corrected chi connectivity index (χ3v) is 4.68. The minimum Gasteiger partial charge on any atom is -0.307 e. The lowest BCUT2D eigenvalue weighted by Gasteiger charge is -2.11. The minimum absolute atomic E-state index is 0.0296. The second-order valence-electron chi connectivity index (χ2n) is 5.04. The molecule has 24 heavy (non-hydrogen) atoms. The molecule has 0 aliphatic rings. The van der Waals surface area contributed by atoms with Gasteiger partial charge in [-0.15, -0.1) is 0 Å². The molecule has 7 heteroatoms. The molecular weight excluding hydrogens is 441 g/mol. The zero-order chi connectivity index (χ0) is 17.1. The van der Waals surface area contributed by atoms with Gasteiger partial charge in [0.15, 0.2) is 0 Å². The molecule has 0 aliphatic carbocycles. The fraction of sp³-hybridized carbons (Fsp3) is 0.0588. The van der Waals surface area contributed by atoms with Crippen molar-refractivity contribution in [3.63, 3.8) is 0 Å².